The third kappa shape index (κ3) is 3.17. The van der Waals surface area contributed by atoms with E-state index in [0.29, 0.717) is 6.04 Å². The second-order valence-electron chi connectivity index (χ2n) is 5.17. The van der Waals surface area contributed by atoms with Crippen molar-refractivity contribution in [3.63, 3.8) is 0 Å². The minimum atomic E-state index is 0.502. The summed E-state index contributed by atoms with van der Waals surface area (Å²) in [7, 11) is 0. The van der Waals surface area contributed by atoms with Gasteiger partial charge >= 0.3 is 0 Å². The number of rotatable bonds is 5. The molecule has 1 aliphatic rings. The van der Waals surface area contributed by atoms with Gasteiger partial charge in [-0.1, -0.05) is 24.3 Å². The highest BCUT2D eigenvalue weighted by Gasteiger charge is 2.21. The van der Waals surface area contributed by atoms with Crippen LogP contribution in [0.3, 0.4) is 0 Å². The summed E-state index contributed by atoms with van der Waals surface area (Å²) in [5.74, 6) is 1.10. The molecule has 0 saturated heterocycles. The van der Waals surface area contributed by atoms with Crippen LogP contribution in [0.15, 0.2) is 53.4 Å². The third-order valence-electron chi connectivity index (χ3n) is 3.75. The molecule has 1 aliphatic carbocycles. The van der Waals surface area contributed by atoms with E-state index in [9.17, 15) is 0 Å². The first-order chi connectivity index (χ1) is 9.83. The summed E-state index contributed by atoms with van der Waals surface area (Å²) >= 11 is 1.91. The molecule has 2 aromatic rings. The lowest BCUT2D eigenvalue weighted by atomic mass is 10.1. The van der Waals surface area contributed by atoms with Crippen LogP contribution in [0.5, 0.6) is 0 Å². The molecule has 1 unspecified atom stereocenters. The van der Waals surface area contributed by atoms with Gasteiger partial charge in [0.05, 0.1) is 0 Å². The zero-order valence-electron chi connectivity index (χ0n) is 11.5. The number of hydrogen-bond acceptors (Lipinski definition) is 3. The molecule has 0 aromatic heterocycles. The van der Waals surface area contributed by atoms with E-state index in [0.717, 1.165) is 24.4 Å². The molecule has 2 nitrogen and oxygen atoms in total. The molecule has 0 amide bonds. The van der Waals surface area contributed by atoms with E-state index < -0.39 is 0 Å². The van der Waals surface area contributed by atoms with E-state index in [1.165, 1.54) is 22.4 Å². The Morgan fingerprint density at radius 2 is 2.00 bits per heavy atom. The quantitative estimate of drug-likeness (QED) is 0.500. The number of fused-ring (bicyclic) bond motifs is 1. The van der Waals surface area contributed by atoms with Crippen LogP contribution in [0.25, 0.3) is 0 Å². The SMILES string of the molecule is Nc1ccc2c(c1)CCC2NCCSc1ccccc1. The fourth-order valence-corrected chi connectivity index (χ4v) is 3.57. The van der Waals surface area contributed by atoms with Gasteiger partial charge in [-0.3, -0.25) is 0 Å². The Balaban J connectivity index is 1.49. The maximum Gasteiger partial charge on any atom is 0.0326 e. The van der Waals surface area contributed by atoms with Gasteiger partial charge in [-0.15, -0.1) is 11.8 Å². The average Bonchev–Trinajstić information content (AvgIpc) is 2.87. The Labute approximate surface area is 124 Å². The number of nitrogen functional groups attached to an aromatic ring is 1. The van der Waals surface area contributed by atoms with Gasteiger partial charge in [0.25, 0.3) is 0 Å². The summed E-state index contributed by atoms with van der Waals surface area (Å²) in [6, 6.07) is 17.4. The third-order valence-corrected chi connectivity index (χ3v) is 4.76. The molecule has 3 heteroatoms. The van der Waals surface area contributed by atoms with Gasteiger partial charge in [-0.25, -0.2) is 0 Å². The highest BCUT2D eigenvalue weighted by atomic mass is 32.2. The molecule has 0 spiro atoms. The van der Waals surface area contributed by atoms with Crippen LogP contribution in [-0.2, 0) is 6.42 Å². The molecule has 3 rings (SSSR count). The van der Waals surface area contributed by atoms with Crippen LogP contribution in [0.4, 0.5) is 5.69 Å². The summed E-state index contributed by atoms with van der Waals surface area (Å²) in [5, 5.41) is 3.67. The molecular formula is C17H20N2S. The smallest absolute Gasteiger partial charge is 0.0326 e. The van der Waals surface area contributed by atoms with Crippen LogP contribution in [0.2, 0.25) is 0 Å². The fourth-order valence-electron chi connectivity index (χ4n) is 2.77. The van der Waals surface area contributed by atoms with Crippen LogP contribution in [0.1, 0.15) is 23.6 Å². The summed E-state index contributed by atoms with van der Waals surface area (Å²) < 4.78 is 0. The maximum absolute atomic E-state index is 5.84. The predicted molar refractivity (Wildman–Crippen MR) is 87.1 cm³/mol. The Kier molecular flexibility index (Phi) is 4.28. The fraction of sp³-hybridized carbons (Fsp3) is 0.294. The van der Waals surface area contributed by atoms with E-state index in [-0.39, 0.29) is 0 Å². The van der Waals surface area contributed by atoms with Gasteiger partial charge in [-0.2, -0.15) is 0 Å². The number of benzene rings is 2. The monoisotopic (exact) mass is 284 g/mol. The first-order valence-corrected chi connectivity index (χ1v) is 8.11. The zero-order valence-corrected chi connectivity index (χ0v) is 12.3. The van der Waals surface area contributed by atoms with Crippen molar-refractivity contribution in [3.05, 3.63) is 59.7 Å². The standard InChI is InChI=1S/C17H20N2S/c18-14-7-8-16-13(12-14)6-9-17(16)19-10-11-20-15-4-2-1-3-5-15/h1-5,7-8,12,17,19H,6,9-11,18H2. The van der Waals surface area contributed by atoms with Crippen molar-refractivity contribution in [3.8, 4) is 0 Å². The Bertz CT molecular complexity index is 568. The maximum atomic E-state index is 5.84. The molecule has 3 N–H and O–H groups in total. The normalized spacial score (nSPS) is 17.1. The second-order valence-corrected chi connectivity index (χ2v) is 6.33. The van der Waals surface area contributed by atoms with Crippen molar-refractivity contribution >= 4 is 17.4 Å². The van der Waals surface area contributed by atoms with Crippen LogP contribution in [0, 0.1) is 0 Å². The molecule has 104 valence electrons. The first kappa shape index (κ1) is 13.5. The Morgan fingerprint density at radius 3 is 2.85 bits per heavy atom. The summed E-state index contributed by atoms with van der Waals surface area (Å²) in [6.45, 7) is 1.04. The van der Waals surface area contributed by atoms with Crippen molar-refractivity contribution in [2.75, 3.05) is 18.0 Å². The molecule has 0 bridgehead atoms. The number of nitrogens with two attached hydrogens (primary N) is 1. The van der Waals surface area contributed by atoms with E-state index in [4.69, 9.17) is 5.73 Å². The van der Waals surface area contributed by atoms with Gasteiger partial charge in [-0.05, 0) is 48.2 Å². The Morgan fingerprint density at radius 1 is 1.15 bits per heavy atom. The average molecular weight is 284 g/mol. The topological polar surface area (TPSA) is 38.0 Å². The number of hydrogen-bond donors (Lipinski definition) is 2. The molecule has 0 fully saturated rings. The second kappa shape index (κ2) is 6.33. The molecule has 0 aliphatic heterocycles. The number of thioether (sulfide) groups is 1. The number of aryl methyl sites for hydroxylation is 1. The summed E-state index contributed by atoms with van der Waals surface area (Å²) in [6.07, 6.45) is 2.33. The highest BCUT2D eigenvalue weighted by molar-refractivity contribution is 7.99. The lowest BCUT2D eigenvalue weighted by Gasteiger charge is -2.14. The number of anilines is 1. The van der Waals surface area contributed by atoms with Gasteiger partial charge in [0.2, 0.25) is 0 Å². The minimum absolute atomic E-state index is 0.502. The molecule has 20 heavy (non-hydrogen) atoms. The van der Waals surface area contributed by atoms with E-state index in [2.05, 4.69) is 47.8 Å². The highest BCUT2D eigenvalue weighted by Crippen LogP contribution is 2.32. The molecule has 0 saturated carbocycles. The largest absolute Gasteiger partial charge is 0.399 e. The van der Waals surface area contributed by atoms with Crippen molar-refractivity contribution in [2.24, 2.45) is 0 Å². The van der Waals surface area contributed by atoms with Crippen molar-refractivity contribution in [2.45, 2.75) is 23.8 Å². The minimum Gasteiger partial charge on any atom is -0.399 e. The summed E-state index contributed by atoms with van der Waals surface area (Å²) in [5.41, 5.74) is 9.57. The van der Waals surface area contributed by atoms with Crippen LogP contribution < -0.4 is 11.1 Å². The van der Waals surface area contributed by atoms with Crippen LogP contribution in [-0.4, -0.2) is 12.3 Å². The van der Waals surface area contributed by atoms with Gasteiger partial charge in [0, 0.05) is 28.9 Å². The van der Waals surface area contributed by atoms with Gasteiger partial charge in [0.1, 0.15) is 0 Å². The van der Waals surface area contributed by atoms with E-state index in [1.807, 2.05) is 17.8 Å². The first-order valence-electron chi connectivity index (χ1n) is 7.12. The number of nitrogens with one attached hydrogen (secondary N) is 1. The molecule has 0 heterocycles. The molecule has 1 atom stereocenters. The van der Waals surface area contributed by atoms with Crippen LogP contribution >= 0.6 is 11.8 Å². The molecule has 2 aromatic carbocycles. The molecule has 0 radical (unpaired) electrons. The van der Waals surface area contributed by atoms with E-state index >= 15 is 0 Å². The summed E-state index contributed by atoms with van der Waals surface area (Å²) in [4.78, 5) is 1.34. The predicted octanol–water partition coefficient (Wildman–Crippen LogP) is 3.64. The van der Waals surface area contributed by atoms with Gasteiger partial charge in [0.15, 0.2) is 0 Å². The van der Waals surface area contributed by atoms with Crippen molar-refractivity contribution in [1.82, 2.24) is 5.32 Å². The zero-order chi connectivity index (χ0) is 13.8. The van der Waals surface area contributed by atoms with Crippen molar-refractivity contribution in [1.29, 1.82) is 0 Å². The molecular weight excluding hydrogens is 264 g/mol. The Hall–Kier alpha value is -1.45. The lowest BCUT2D eigenvalue weighted by Crippen LogP contribution is -2.21. The van der Waals surface area contributed by atoms with E-state index in [1.54, 1.807) is 0 Å². The van der Waals surface area contributed by atoms with Gasteiger partial charge < -0.3 is 11.1 Å². The lowest BCUT2D eigenvalue weighted by molar-refractivity contribution is 0.552. The van der Waals surface area contributed by atoms with Crippen molar-refractivity contribution < 1.29 is 0 Å².